The Balaban J connectivity index is 1.70. The van der Waals surface area contributed by atoms with Crippen LogP contribution in [0.4, 0.5) is 0 Å². The van der Waals surface area contributed by atoms with Gasteiger partial charge >= 0.3 is 0 Å². The Kier molecular flexibility index (Phi) is 5.92. The topological polar surface area (TPSA) is 76.1 Å². The minimum atomic E-state index is -3.44. The normalized spacial score (nSPS) is 14.6. The zero-order chi connectivity index (χ0) is 23.7. The molecular weight excluding hydrogens is 444 g/mol. The Morgan fingerprint density at radius 1 is 0.941 bits per heavy atom. The first-order chi connectivity index (χ1) is 16.4. The quantitative estimate of drug-likeness (QED) is 0.396. The van der Waals surface area contributed by atoms with Crippen LogP contribution in [0.5, 0.6) is 0 Å². The second-order valence-corrected chi connectivity index (χ2v) is 11.1. The fraction of sp³-hybridized carbons (Fsp3) is 0.214. The average Bonchev–Trinajstić information content (AvgIpc) is 3.67. The van der Waals surface area contributed by atoms with Gasteiger partial charge in [0.25, 0.3) is 5.91 Å². The zero-order valence-corrected chi connectivity index (χ0v) is 19.8. The Morgan fingerprint density at radius 2 is 1.56 bits per heavy atom. The lowest BCUT2D eigenvalue weighted by Gasteiger charge is -2.22. The molecule has 1 amide bonds. The van der Waals surface area contributed by atoms with E-state index in [4.69, 9.17) is 4.98 Å². The molecule has 1 unspecified atom stereocenters. The van der Waals surface area contributed by atoms with E-state index < -0.39 is 9.84 Å². The van der Waals surface area contributed by atoms with Crippen LogP contribution in [0.1, 0.15) is 40.4 Å². The third-order valence-corrected chi connectivity index (χ3v) is 7.03. The number of sulfone groups is 1. The van der Waals surface area contributed by atoms with E-state index in [9.17, 15) is 13.2 Å². The summed E-state index contributed by atoms with van der Waals surface area (Å²) >= 11 is 0. The van der Waals surface area contributed by atoms with Crippen molar-refractivity contribution in [1.82, 2.24) is 10.3 Å². The molecule has 1 aromatic heterocycles. The lowest BCUT2D eigenvalue weighted by molar-refractivity contribution is 0.0932. The van der Waals surface area contributed by atoms with E-state index in [0.29, 0.717) is 33.6 Å². The van der Waals surface area contributed by atoms with Crippen LogP contribution in [0.15, 0.2) is 84.9 Å². The van der Waals surface area contributed by atoms with E-state index in [1.54, 1.807) is 0 Å². The number of carbonyl (C=O) groups excluding carboxylic acids is 1. The van der Waals surface area contributed by atoms with Gasteiger partial charge in [-0.3, -0.25) is 4.79 Å². The Hall–Kier alpha value is -3.51. The molecule has 0 aliphatic heterocycles. The number of pyridine rings is 1. The maximum atomic E-state index is 13.9. The summed E-state index contributed by atoms with van der Waals surface area (Å²) in [5, 5.41) is 3.90. The van der Waals surface area contributed by atoms with Crippen LogP contribution in [-0.4, -0.2) is 25.6 Å². The zero-order valence-electron chi connectivity index (χ0n) is 18.9. The van der Waals surface area contributed by atoms with E-state index in [-0.39, 0.29) is 17.7 Å². The molecule has 0 radical (unpaired) electrons. The predicted octanol–water partition coefficient (Wildman–Crippen LogP) is 5.33. The molecule has 1 atom stereocenters. The van der Waals surface area contributed by atoms with Gasteiger partial charge in [0, 0.05) is 22.8 Å². The van der Waals surface area contributed by atoms with Crippen LogP contribution in [0.25, 0.3) is 22.2 Å². The van der Waals surface area contributed by atoms with Crippen molar-refractivity contribution in [3.8, 4) is 11.3 Å². The van der Waals surface area contributed by atoms with Gasteiger partial charge in [-0.25, -0.2) is 13.4 Å². The molecule has 1 aliphatic rings. The molecule has 6 heteroatoms. The number of nitrogens with one attached hydrogen (secondary N) is 1. The first-order valence-electron chi connectivity index (χ1n) is 11.4. The maximum absolute atomic E-state index is 13.9. The number of benzene rings is 3. The lowest BCUT2D eigenvalue weighted by Crippen LogP contribution is -2.31. The Bertz CT molecular complexity index is 1450. The summed E-state index contributed by atoms with van der Waals surface area (Å²) in [7, 11) is -3.44. The summed E-state index contributed by atoms with van der Waals surface area (Å²) in [6.45, 7) is 0. The molecule has 172 valence electrons. The molecular formula is C28H26N2O3S. The summed E-state index contributed by atoms with van der Waals surface area (Å²) in [6.07, 6.45) is 3.31. The molecule has 1 heterocycles. The van der Waals surface area contributed by atoms with Crippen LogP contribution < -0.4 is 5.32 Å². The molecule has 0 spiro atoms. The summed E-state index contributed by atoms with van der Waals surface area (Å²) in [5.74, 6) is -0.154. The number of aromatic nitrogens is 1. The number of rotatable bonds is 7. The number of amides is 1. The standard InChI is InChI=1S/C28H26N2O3S/c1-34(32,33)18-23-25(28(31)30-26(21-16-17-21)19-10-4-2-5-11-19)22-14-8-9-15-24(22)29-27(23)20-12-6-3-7-13-20/h2-15,21,26H,16-18H2,1H3,(H,30,31). The van der Waals surface area contributed by atoms with Crippen LogP contribution >= 0.6 is 0 Å². The van der Waals surface area contributed by atoms with Crippen molar-refractivity contribution in [1.29, 1.82) is 0 Å². The van der Waals surface area contributed by atoms with Crippen molar-refractivity contribution in [2.75, 3.05) is 6.26 Å². The second kappa shape index (κ2) is 9.03. The van der Waals surface area contributed by atoms with Gasteiger partial charge in [0.2, 0.25) is 0 Å². The number of fused-ring (bicyclic) bond motifs is 1. The van der Waals surface area contributed by atoms with Gasteiger partial charge in [0.1, 0.15) is 0 Å². The molecule has 0 bridgehead atoms. The van der Waals surface area contributed by atoms with Crippen molar-refractivity contribution < 1.29 is 13.2 Å². The molecule has 3 aromatic carbocycles. The van der Waals surface area contributed by atoms with Gasteiger partial charge in [-0.15, -0.1) is 0 Å². The number of para-hydroxylation sites is 1. The van der Waals surface area contributed by atoms with Crippen molar-refractivity contribution >= 4 is 26.6 Å². The lowest BCUT2D eigenvalue weighted by atomic mass is 9.96. The number of nitrogens with zero attached hydrogens (tertiary/aromatic N) is 1. The smallest absolute Gasteiger partial charge is 0.252 e. The summed E-state index contributed by atoms with van der Waals surface area (Å²) in [4.78, 5) is 18.7. The highest BCUT2D eigenvalue weighted by molar-refractivity contribution is 7.89. The molecule has 0 saturated heterocycles. The summed E-state index contributed by atoms with van der Waals surface area (Å²) in [6, 6.07) is 26.7. The van der Waals surface area contributed by atoms with Crippen molar-refractivity contribution in [2.45, 2.75) is 24.6 Å². The second-order valence-electron chi connectivity index (χ2n) is 8.97. The monoisotopic (exact) mass is 470 g/mol. The first kappa shape index (κ1) is 22.3. The molecule has 5 nitrogen and oxygen atoms in total. The highest BCUT2D eigenvalue weighted by atomic mass is 32.2. The average molecular weight is 471 g/mol. The highest BCUT2D eigenvalue weighted by Crippen LogP contribution is 2.41. The molecule has 4 aromatic rings. The third kappa shape index (κ3) is 4.73. The van der Waals surface area contributed by atoms with Gasteiger partial charge in [0.15, 0.2) is 9.84 Å². The van der Waals surface area contributed by atoms with Crippen LogP contribution in [-0.2, 0) is 15.6 Å². The molecule has 1 fully saturated rings. The van der Waals surface area contributed by atoms with Crippen molar-refractivity contribution in [3.63, 3.8) is 0 Å². The fourth-order valence-electron chi connectivity index (χ4n) is 4.52. The predicted molar refractivity (Wildman–Crippen MR) is 135 cm³/mol. The van der Waals surface area contributed by atoms with Gasteiger partial charge in [-0.1, -0.05) is 78.9 Å². The Morgan fingerprint density at radius 3 is 2.21 bits per heavy atom. The number of hydrogen-bond donors (Lipinski definition) is 1. The van der Waals surface area contributed by atoms with Crippen LogP contribution in [0.2, 0.25) is 0 Å². The highest BCUT2D eigenvalue weighted by Gasteiger charge is 2.34. The Labute approximate surface area is 199 Å². The van der Waals surface area contributed by atoms with E-state index in [2.05, 4.69) is 5.32 Å². The van der Waals surface area contributed by atoms with Gasteiger partial charge < -0.3 is 5.32 Å². The summed E-state index contributed by atoms with van der Waals surface area (Å²) in [5.41, 5.74) is 3.85. The maximum Gasteiger partial charge on any atom is 0.252 e. The molecule has 1 aliphatic carbocycles. The van der Waals surface area contributed by atoms with Crippen molar-refractivity contribution in [2.24, 2.45) is 5.92 Å². The first-order valence-corrected chi connectivity index (χ1v) is 13.5. The SMILES string of the molecule is CS(=O)(=O)Cc1c(-c2ccccc2)nc2ccccc2c1C(=O)NC(c1ccccc1)C1CC1. The molecule has 1 saturated carbocycles. The van der Waals surface area contributed by atoms with Gasteiger partial charge in [-0.05, 0) is 30.4 Å². The minimum Gasteiger partial charge on any atom is -0.345 e. The largest absolute Gasteiger partial charge is 0.345 e. The van der Waals surface area contributed by atoms with E-state index in [1.165, 1.54) is 6.26 Å². The molecule has 1 N–H and O–H groups in total. The fourth-order valence-corrected chi connectivity index (χ4v) is 5.33. The van der Waals surface area contributed by atoms with Gasteiger partial charge in [-0.2, -0.15) is 0 Å². The van der Waals surface area contributed by atoms with E-state index in [1.807, 2.05) is 84.9 Å². The third-order valence-electron chi connectivity index (χ3n) is 6.21. The molecule has 5 rings (SSSR count). The molecule has 34 heavy (non-hydrogen) atoms. The number of carbonyl (C=O) groups is 1. The van der Waals surface area contributed by atoms with Crippen LogP contribution in [0, 0.1) is 5.92 Å². The minimum absolute atomic E-state index is 0.119. The van der Waals surface area contributed by atoms with Crippen LogP contribution in [0.3, 0.4) is 0 Å². The summed E-state index contributed by atoms with van der Waals surface area (Å²) < 4.78 is 25.0. The van der Waals surface area contributed by atoms with Crippen molar-refractivity contribution in [3.05, 3.63) is 102 Å². The number of hydrogen-bond acceptors (Lipinski definition) is 4. The van der Waals surface area contributed by atoms with E-state index in [0.717, 1.165) is 24.0 Å². The van der Waals surface area contributed by atoms with E-state index >= 15 is 0 Å². The van der Waals surface area contributed by atoms with Gasteiger partial charge in [0.05, 0.1) is 28.6 Å².